The Balaban J connectivity index is 2.18. The van der Waals surface area contributed by atoms with Crippen molar-refractivity contribution in [2.45, 2.75) is 0 Å². The fraction of sp³-hybridized carbons (Fsp3) is 0. The van der Waals surface area contributed by atoms with Gasteiger partial charge in [-0.15, -0.1) is 0 Å². The number of thiocarbonyl (C=S) groups is 1. The molecule has 0 saturated carbocycles. The standard InChI is InChI=1S/C19H14OS/c20-19(21)17-12-11-16(14-7-3-1-4-8-14)13-18(17)15-9-5-2-6-10-15/h1-13H,(H,20,21). The number of benzene rings is 3. The Bertz CT molecular complexity index is 764. The highest BCUT2D eigenvalue weighted by Gasteiger charge is 2.10. The van der Waals surface area contributed by atoms with E-state index in [4.69, 9.17) is 12.2 Å². The molecule has 3 rings (SSSR count). The molecule has 0 amide bonds. The van der Waals surface area contributed by atoms with Crippen LogP contribution in [0.1, 0.15) is 5.56 Å². The molecule has 0 aliphatic carbocycles. The molecule has 1 N–H and O–H groups in total. The summed E-state index contributed by atoms with van der Waals surface area (Å²) in [5.74, 6) is 0. The highest BCUT2D eigenvalue weighted by molar-refractivity contribution is 7.80. The Morgan fingerprint density at radius 3 is 1.81 bits per heavy atom. The normalized spacial score (nSPS) is 10.3. The van der Waals surface area contributed by atoms with Gasteiger partial charge in [-0.25, -0.2) is 0 Å². The van der Waals surface area contributed by atoms with E-state index in [0.717, 1.165) is 22.3 Å². The zero-order valence-corrected chi connectivity index (χ0v) is 12.2. The molecule has 0 aliphatic heterocycles. The van der Waals surface area contributed by atoms with Crippen molar-refractivity contribution in [2.24, 2.45) is 0 Å². The van der Waals surface area contributed by atoms with Crippen molar-refractivity contribution in [3.05, 3.63) is 84.4 Å². The largest absolute Gasteiger partial charge is 0.499 e. The lowest BCUT2D eigenvalue weighted by atomic mass is 9.95. The molecule has 0 radical (unpaired) electrons. The number of rotatable bonds is 3. The maximum atomic E-state index is 9.76. The van der Waals surface area contributed by atoms with Crippen LogP contribution in [-0.2, 0) is 0 Å². The monoisotopic (exact) mass is 290 g/mol. The third kappa shape index (κ3) is 2.86. The number of aliphatic hydroxyl groups is 1. The molecule has 0 heterocycles. The second kappa shape index (κ2) is 5.90. The lowest BCUT2D eigenvalue weighted by molar-refractivity contribution is 0.571. The van der Waals surface area contributed by atoms with E-state index in [2.05, 4.69) is 18.2 Å². The van der Waals surface area contributed by atoms with Gasteiger partial charge in [0, 0.05) is 5.56 Å². The van der Waals surface area contributed by atoms with Crippen molar-refractivity contribution in [1.82, 2.24) is 0 Å². The molecule has 0 aliphatic rings. The molecule has 21 heavy (non-hydrogen) atoms. The fourth-order valence-corrected chi connectivity index (χ4v) is 2.58. The predicted molar refractivity (Wildman–Crippen MR) is 91.6 cm³/mol. The summed E-state index contributed by atoms with van der Waals surface area (Å²) in [4.78, 5) is 0. The summed E-state index contributed by atoms with van der Waals surface area (Å²) in [7, 11) is 0. The predicted octanol–water partition coefficient (Wildman–Crippen LogP) is 5.25. The van der Waals surface area contributed by atoms with Crippen molar-refractivity contribution < 1.29 is 5.11 Å². The Morgan fingerprint density at radius 2 is 1.24 bits per heavy atom. The van der Waals surface area contributed by atoms with Gasteiger partial charge in [-0.2, -0.15) is 0 Å². The van der Waals surface area contributed by atoms with E-state index in [-0.39, 0.29) is 5.05 Å². The summed E-state index contributed by atoms with van der Waals surface area (Å²) >= 11 is 4.97. The minimum absolute atomic E-state index is 0.0755. The molecule has 0 saturated heterocycles. The van der Waals surface area contributed by atoms with Gasteiger partial charge in [0.1, 0.15) is 0 Å². The Labute approximate surface area is 129 Å². The third-order valence-corrected chi connectivity index (χ3v) is 3.66. The second-order valence-electron chi connectivity index (χ2n) is 4.80. The van der Waals surface area contributed by atoms with Crippen LogP contribution in [0.15, 0.2) is 78.9 Å². The first kappa shape index (κ1) is 13.5. The third-order valence-electron chi connectivity index (χ3n) is 3.44. The highest BCUT2D eigenvalue weighted by Crippen LogP contribution is 2.29. The summed E-state index contributed by atoms with van der Waals surface area (Å²) in [5, 5.41) is 9.68. The average Bonchev–Trinajstić information content (AvgIpc) is 2.56. The Hall–Kier alpha value is -2.45. The van der Waals surface area contributed by atoms with E-state index < -0.39 is 0 Å². The molecular formula is C19H14OS. The van der Waals surface area contributed by atoms with Gasteiger partial charge in [0.15, 0.2) is 5.05 Å². The molecule has 0 aromatic heterocycles. The summed E-state index contributed by atoms with van der Waals surface area (Å²) in [6.07, 6.45) is 0. The van der Waals surface area contributed by atoms with Gasteiger partial charge in [-0.3, -0.25) is 0 Å². The minimum atomic E-state index is -0.0755. The fourth-order valence-electron chi connectivity index (χ4n) is 2.40. The second-order valence-corrected chi connectivity index (χ2v) is 5.18. The highest BCUT2D eigenvalue weighted by atomic mass is 32.1. The van der Waals surface area contributed by atoms with Crippen LogP contribution in [0, 0.1) is 0 Å². The Kier molecular flexibility index (Phi) is 3.80. The molecule has 0 bridgehead atoms. The summed E-state index contributed by atoms with van der Waals surface area (Å²) in [5.41, 5.74) is 4.93. The molecule has 0 atom stereocenters. The molecule has 0 spiro atoms. The van der Waals surface area contributed by atoms with E-state index >= 15 is 0 Å². The maximum absolute atomic E-state index is 9.76. The summed E-state index contributed by atoms with van der Waals surface area (Å²) < 4.78 is 0. The van der Waals surface area contributed by atoms with Crippen LogP contribution in [0.2, 0.25) is 0 Å². The molecule has 1 nitrogen and oxygen atoms in total. The van der Waals surface area contributed by atoms with Crippen LogP contribution in [-0.4, -0.2) is 10.2 Å². The molecule has 102 valence electrons. The van der Waals surface area contributed by atoms with Crippen LogP contribution in [0.4, 0.5) is 0 Å². The van der Waals surface area contributed by atoms with Crippen LogP contribution >= 0.6 is 12.2 Å². The Morgan fingerprint density at radius 1 is 0.667 bits per heavy atom. The van der Waals surface area contributed by atoms with Crippen molar-refractivity contribution in [1.29, 1.82) is 0 Å². The number of hydrogen-bond acceptors (Lipinski definition) is 1. The van der Waals surface area contributed by atoms with Crippen molar-refractivity contribution >= 4 is 17.3 Å². The van der Waals surface area contributed by atoms with Gasteiger partial charge in [0.25, 0.3) is 0 Å². The maximum Gasteiger partial charge on any atom is 0.189 e. The first-order valence-electron chi connectivity index (χ1n) is 6.74. The SMILES string of the molecule is OC(=S)c1ccc(-c2ccccc2)cc1-c1ccccc1. The van der Waals surface area contributed by atoms with Crippen molar-refractivity contribution in [3.8, 4) is 22.3 Å². The first-order valence-corrected chi connectivity index (χ1v) is 7.15. The van der Waals surface area contributed by atoms with E-state index in [1.54, 1.807) is 0 Å². The molecule has 3 aromatic rings. The zero-order chi connectivity index (χ0) is 14.7. The van der Waals surface area contributed by atoms with E-state index in [1.807, 2.05) is 60.7 Å². The smallest absolute Gasteiger partial charge is 0.189 e. The zero-order valence-electron chi connectivity index (χ0n) is 11.4. The topological polar surface area (TPSA) is 20.2 Å². The van der Waals surface area contributed by atoms with E-state index in [0.29, 0.717) is 5.56 Å². The summed E-state index contributed by atoms with van der Waals surface area (Å²) in [6, 6.07) is 26.1. The number of aliphatic hydroxyl groups excluding tert-OH is 1. The van der Waals surface area contributed by atoms with E-state index in [1.165, 1.54) is 0 Å². The van der Waals surface area contributed by atoms with Gasteiger partial charge in [0.2, 0.25) is 0 Å². The van der Waals surface area contributed by atoms with Gasteiger partial charge in [0.05, 0.1) is 0 Å². The molecule has 0 fully saturated rings. The van der Waals surface area contributed by atoms with Crippen LogP contribution in [0.25, 0.3) is 22.3 Å². The van der Waals surface area contributed by atoms with Gasteiger partial charge >= 0.3 is 0 Å². The number of hydrogen-bond donors (Lipinski definition) is 1. The van der Waals surface area contributed by atoms with Gasteiger partial charge < -0.3 is 5.11 Å². The lowest BCUT2D eigenvalue weighted by Gasteiger charge is -2.11. The van der Waals surface area contributed by atoms with Crippen molar-refractivity contribution in [2.75, 3.05) is 0 Å². The lowest BCUT2D eigenvalue weighted by Crippen LogP contribution is -1.98. The van der Waals surface area contributed by atoms with Gasteiger partial charge in [-0.1, -0.05) is 66.7 Å². The molecule has 3 aromatic carbocycles. The van der Waals surface area contributed by atoms with Crippen LogP contribution in [0.5, 0.6) is 0 Å². The molecule has 2 heteroatoms. The molecular weight excluding hydrogens is 276 g/mol. The molecule has 0 unspecified atom stereocenters. The van der Waals surface area contributed by atoms with Crippen LogP contribution < -0.4 is 0 Å². The quantitative estimate of drug-likeness (QED) is 0.664. The first-order chi connectivity index (χ1) is 10.3. The van der Waals surface area contributed by atoms with Gasteiger partial charge in [-0.05, 0) is 46.6 Å². The summed E-state index contributed by atoms with van der Waals surface area (Å²) in [6.45, 7) is 0. The average molecular weight is 290 g/mol. The minimum Gasteiger partial charge on any atom is -0.499 e. The van der Waals surface area contributed by atoms with Crippen LogP contribution in [0.3, 0.4) is 0 Å². The van der Waals surface area contributed by atoms with Crippen molar-refractivity contribution in [3.63, 3.8) is 0 Å². The van der Waals surface area contributed by atoms with E-state index in [9.17, 15) is 5.11 Å².